The molecule has 1 aromatic heterocycles. The van der Waals surface area contributed by atoms with Crippen LogP contribution in [0, 0.1) is 6.92 Å². The molecule has 0 N–H and O–H groups in total. The van der Waals surface area contributed by atoms with Crippen molar-refractivity contribution < 1.29 is 0 Å². The van der Waals surface area contributed by atoms with Crippen molar-refractivity contribution in [3.05, 3.63) is 108 Å². The molecule has 0 spiro atoms. The van der Waals surface area contributed by atoms with Crippen molar-refractivity contribution in [2.45, 2.75) is 13.8 Å². The molecule has 4 rings (SSSR count). The maximum Gasteiger partial charge on any atom is 0.0534 e. The van der Waals surface area contributed by atoms with E-state index in [1.165, 1.54) is 39.0 Å². The van der Waals surface area contributed by atoms with E-state index in [2.05, 4.69) is 109 Å². The maximum absolute atomic E-state index is 2.33. The second-order valence-corrected chi connectivity index (χ2v) is 6.77. The van der Waals surface area contributed by atoms with Crippen molar-refractivity contribution in [1.82, 2.24) is 4.57 Å². The van der Waals surface area contributed by atoms with E-state index in [-0.39, 0.29) is 0 Å². The highest BCUT2D eigenvalue weighted by atomic mass is 15.0. The first-order chi connectivity index (χ1) is 13.3. The highest BCUT2D eigenvalue weighted by molar-refractivity contribution is 5.87. The Hall–Kier alpha value is -3.32. The van der Waals surface area contributed by atoms with Crippen molar-refractivity contribution in [2.24, 2.45) is 0 Å². The van der Waals surface area contributed by atoms with Gasteiger partial charge in [-0.2, -0.15) is 0 Å². The van der Waals surface area contributed by atoms with Crippen LogP contribution in [0.2, 0.25) is 0 Å². The molecule has 0 aliphatic heterocycles. The summed E-state index contributed by atoms with van der Waals surface area (Å²) in [6.45, 7) is 4.18. The average Bonchev–Trinajstić information content (AvgIpc) is 3.06. The van der Waals surface area contributed by atoms with Crippen LogP contribution in [0.3, 0.4) is 0 Å². The van der Waals surface area contributed by atoms with E-state index >= 15 is 0 Å². The smallest absolute Gasteiger partial charge is 0.0534 e. The van der Waals surface area contributed by atoms with Crippen molar-refractivity contribution in [3.8, 4) is 16.8 Å². The molecule has 0 fully saturated rings. The van der Waals surface area contributed by atoms with Crippen molar-refractivity contribution in [2.75, 3.05) is 0 Å². The van der Waals surface area contributed by atoms with Gasteiger partial charge in [0.05, 0.1) is 5.52 Å². The first-order valence-corrected chi connectivity index (χ1v) is 9.33. The van der Waals surface area contributed by atoms with Gasteiger partial charge in [-0.25, -0.2) is 0 Å². The summed E-state index contributed by atoms with van der Waals surface area (Å²) in [6, 6.07) is 28.2. The number of benzene rings is 3. The van der Waals surface area contributed by atoms with Gasteiger partial charge >= 0.3 is 0 Å². The number of rotatable bonds is 4. The summed E-state index contributed by atoms with van der Waals surface area (Å²) in [5.74, 6) is 0. The van der Waals surface area contributed by atoms with E-state index in [4.69, 9.17) is 0 Å². The van der Waals surface area contributed by atoms with Gasteiger partial charge in [-0.05, 0) is 61.4 Å². The summed E-state index contributed by atoms with van der Waals surface area (Å²) in [4.78, 5) is 0. The molecule has 0 aliphatic carbocycles. The number of hydrogen-bond donors (Lipinski definition) is 0. The fourth-order valence-electron chi connectivity index (χ4n) is 3.49. The standard InChI is InChI=1S/C26H23N/c1-3-4-6-13-24-19-23-17-20(2)15-16-26(23)27(24)25-14-9-12-22(18-25)21-10-7-5-8-11-21/h3-19H,1-2H3/b4-3-,13-6-. The van der Waals surface area contributed by atoms with Crippen LogP contribution in [0.4, 0.5) is 0 Å². The second kappa shape index (κ2) is 7.51. The Morgan fingerprint density at radius 3 is 2.37 bits per heavy atom. The largest absolute Gasteiger partial charge is 0.310 e. The van der Waals surface area contributed by atoms with Crippen molar-refractivity contribution in [1.29, 1.82) is 0 Å². The Morgan fingerprint density at radius 1 is 0.741 bits per heavy atom. The highest BCUT2D eigenvalue weighted by Crippen LogP contribution is 2.29. The van der Waals surface area contributed by atoms with Crippen molar-refractivity contribution >= 4 is 17.0 Å². The van der Waals surface area contributed by atoms with Crippen LogP contribution in [0.25, 0.3) is 33.8 Å². The summed E-state index contributed by atoms with van der Waals surface area (Å²) in [5, 5.41) is 1.26. The molecule has 132 valence electrons. The Balaban J connectivity index is 1.91. The minimum atomic E-state index is 1.18. The van der Waals surface area contributed by atoms with Crippen LogP contribution in [0.15, 0.2) is 97.1 Å². The quantitative estimate of drug-likeness (QED) is 0.343. The molecular weight excluding hydrogens is 326 g/mol. The molecule has 0 unspecified atom stereocenters. The Kier molecular flexibility index (Phi) is 4.76. The maximum atomic E-state index is 2.33. The van der Waals surface area contributed by atoms with Crippen LogP contribution < -0.4 is 0 Å². The lowest BCUT2D eigenvalue weighted by molar-refractivity contribution is 1.11. The van der Waals surface area contributed by atoms with E-state index in [1.54, 1.807) is 0 Å². The van der Waals surface area contributed by atoms with Gasteiger partial charge in [0.15, 0.2) is 0 Å². The second-order valence-electron chi connectivity index (χ2n) is 6.77. The van der Waals surface area contributed by atoms with Crippen LogP contribution in [-0.4, -0.2) is 4.57 Å². The molecule has 0 atom stereocenters. The minimum absolute atomic E-state index is 1.18. The molecule has 4 aromatic rings. The number of aromatic nitrogens is 1. The van der Waals surface area contributed by atoms with E-state index in [9.17, 15) is 0 Å². The first kappa shape index (κ1) is 17.1. The lowest BCUT2D eigenvalue weighted by atomic mass is 10.1. The van der Waals surface area contributed by atoms with E-state index in [0.29, 0.717) is 0 Å². The molecule has 0 saturated heterocycles. The monoisotopic (exact) mass is 349 g/mol. The molecule has 27 heavy (non-hydrogen) atoms. The van der Waals surface area contributed by atoms with Gasteiger partial charge in [0.2, 0.25) is 0 Å². The van der Waals surface area contributed by atoms with Gasteiger partial charge in [-0.15, -0.1) is 0 Å². The number of nitrogens with zero attached hydrogens (tertiary/aromatic N) is 1. The number of allylic oxidation sites excluding steroid dienone is 3. The Bertz CT molecular complexity index is 1130. The van der Waals surface area contributed by atoms with E-state index in [1.807, 2.05) is 13.0 Å². The average molecular weight is 349 g/mol. The SMILES string of the molecule is C/C=C\C=C/c1cc2cc(C)ccc2n1-c1cccc(-c2ccccc2)c1. The van der Waals surface area contributed by atoms with Crippen LogP contribution in [0.5, 0.6) is 0 Å². The van der Waals surface area contributed by atoms with Crippen LogP contribution in [0.1, 0.15) is 18.2 Å². The topological polar surface area (TPSA) is 4.93 Å². The predicted octanol–water partition coefficient (Wildman–Crippen LogP) is 7.20. The molecule has 1 heterocycles. The third kappa shape index (κ3) is 3.50. The van der Waals surface area contributed by atoms with Crippen LogP contribution in [-0.2, 0) is 0 Å². The third-order valence-corrected chi connectivity index (χ3v) is 4.77. The fourth-order valence-corrected chi connectivity index (χ4v) is 3.49. The Morgan fingerprint density at radius 2 is 1.56 bits per heavy atom. The highest BCUT2D eigenvalue weighted by Gasteiger charge is 2.10. The molecule has 0 amide bonds. The van der Waals surface area contributed by atoms with Gasteiger partial charge in [-0.3, -0.25) is 0 Å². The van der Waals surface area contributed by atoms with Crippen LogP contribution >= 0.6 is 0 Å². The summed E-state index contributed by atoms with van der Waals surface area (Å²) >= 11 is 0. The fraction of sp³-hybridized carbons (Fsp3) is 0.0769. The molecule has 0 bridgehead atoms. The van der Waals surface area contributed by atoms with E-state index in [0.717, 1.165) is 0 Å². The molecule has 0 saturated carbocycles. The number of aryl methyl sites for hydroxylation is 1. The number of hydrogen-bond acceptors (Lipinski definition) is 0. The minimum Gasteiger partial charge on any atom is -0.310 e. The van der Waals surface area contributed by atoms with Gasteiger partial charge in [0.1, 0.15) is 0 Å². The summed E-state index contributed by atoms with van der Waals surface area (Å²) in [6.07, 6.45) is 8.38. The normalized spacial score (nSPS) is 11.8. The lowest BCUT2D eigenvalue weighted by Crippen LogP contribution is -1.96. The van der Waals surface area contributed by atoms with Gasteiger partial charge in [-0.1, -0.05) is 72.3 Å². The zero-order valence-electron chi connectivity index (χ0n) is 15.8. The third-order valence-electron chi connectivity index (χ3n) is 4.77. The first-order valence-electron chi connectivity index (χ1n) is 9.33. The number of fused-ring (bicyclic) bond motifs is 1. The molecule has 0 radical (unpaired) electrons. The van der Waals surface area contributed by atoms with Gasteiger partial charge in [0.25, 0.3) is 0 Å². The van der Waals surface area contributed by atoms with Gasteiger partial charge < -0.3 is 4.57 Å². The van der Waals surface area contributed by atoms with Gasteiger partial charge in [0, 0.05) is 16.8 Å². The zero-order valence-corrected chi connectivity index (χ0v) is 15.8. The van der Waals surface area contributed by atoms with E-state index < -0.39 is 0 Å². The zero-order chi connectivity index (χ0) is 18.6. The lowest BCUT2D eigenvalue weighted by Gasteiger charge is -2.11. The molecule has 3 aromatic carbocycles. The predicted molar refractivity (Wildman–Crippen MR) is 117 cm³/mol. The van der Waals surface area contributed by atoms with Crippen molar-refractivity contribution in [3.63, 3.8) is 0 Å². The molecular formula is C26H23N. The Labute approximate surface area is 160 Å². The summed E-state index contributed by atoms with van der Waals surface area (Å²) in [5.41, 5.74) is 7.32. The molecule has 1 nitrogen and oxygen atoms in total. The summed E-state index contributed by atoms with van der Waals surface area (Å²) in [7, 11) is 0. The molecule has 0 aliphatic rings. The summed E-state index contributed by atoms with van der Waals surface area (Å²) < 4.78 is 2.33. The molecule has 1 heteroatoms.